The van der Waals surface area contributed by atoms with Gasteiger partial charge >= 0.3 is 5.97 Å². The number of hydrogen-bond acceptors (Lipinski definition) is 5. The molecule has 2 atom stereocenters. The zero-order valence-corrected chi connectivity index (χ0v) is 52.9. The van der Waals surface area contributed by atoms with Gasteiger partial charge in [0.05, 0.1) is 25.4 Å². The molecule has 0 saturated carbocycles. The van der Waals surface area contributed by atoms with Crippen molar-refractivity contribution in [2.24, 2.45) is 0 Å². The number of hydrogen-bond donors (Lipinski definition) is 3. The SMILES string of the molecule is CCCCCCCCCCCCCCCCCCCCCCCCCC(O)C(CO)NC(=O)CCCCCCCCCCCCCCCC/C=C\C/C=C\CCOC(=O)CCCCCCCCCCCCCCCCCCC. The molecule has 1 amide bonds. The molecule has 0 spiro atoms. The third-order valence-electron chi connectivity index (χ3n) is 16.8. The van der Waals surface area contributed by atoms with Gasteiger partial charge in [-0.1, -0.05) is 366 Å². The summed E-state index contributed by atoms with van der Waals surface area (Å²) in [5.74, 6) is -0.0651. The average molecular weight is 1100 g/mol. The van der Waals surface area contributed by atoms with Gasteiger partial charge in [-0.25, -0.2) is 0 Å². The Morgan fingerprint density at radius 1 is 0.359 bits per heavy atom. The van der Waals surface area contributed by atoms with Gasteiger partial charge in [-0.3, -0.25) is 9.59 Å². The molecule has 78 heavy (non-hydrogen) atoms. The Kier molecular flexibility index (Phi) is 66.4. The van der Waals surface area contributed by atoms with E-state index >= 15 is 0 Å². The topological polar surface area (TPSA) is 95.9 Å². The van der Waals surface area contributed by atoms with Crippen LogP contribution in [0, 0.1) is 0 Å². The van der Waals surface area contributed by atoms with Gasteiger partial charge in [0.25, 0.3) is 0 Å². The minimum atomic E-state index is -0.669. The number of carbonyl (C=O) groups excluding carboxylic acids is 2. The number of esters is 1. The Balaban J connectivity index is 3.43. The maximum absolute atomic E-state index is 12.6. The molecule has 3 N–H and O–H groups in total. The summed E-state index contributed by atoms with van der Waals surface area (Å²) in [5.41, 5.74) is 0. The number of allylic oxidation sites excluding steroid dienone is 3. The van der Waals surface area contributed by atoms with Crippen molar-refractivity contribution in [2.45, 2.75) is 411 Å². The first-order valence-electron chi connectivity index (χ1n) is 35.6. The van der Waals surface area contributed by atoms with Crippen molar-refractivity contribution < 1.29 is 24.5 Å². The molecule has 6 nitrogen and oxygen atoms in total. The highest BCUT2D eigenvalue weighted by atomic mass is 16.5. The third-order valence-corrected chi connectivity index (χ3v) is 16.8. The van der Waals surface area contributed by atoms with E-state index in [4.69, 9.17) is 4.74 Å². The molecule has 0 aliphatic carbocycles. The van der Waals surface area contributed by atoms with Crippen LogP contribution in [-0.4, -0.2) is 47.4 Å². The van der Waals surface area contributed by atoms with Crippen molar-refractivity contribution in [3.05, 3.63) is 24.3 Å². The van der Waals surface area contributed by atoms with E-state index in [1.54, 1.807) is 0 Å². The van der Waals surface area contributed by atoms with Crippen molar-refractivity contribution in [3.63, 3.8) is 0 Å². The van der Waals surface area contributed by atoms with Gasteiger partial charge in [-0.15, -0.1) is 0 Å². The monoisotopic (exact) mass is 1100 g/mol. The summed E-state index contributed by atoms with van der Waals surface area (Å²) in [4.78, 5) is 24.6. The molecule has 6 heteroatoms. The van der Waals surface area contributed by atoms with E-state index in [-0.39, 0.29) is 18.5 Å². The second kappa shape index (κ2) is 67.8. The zero-order chi connectivity index (χ0) is 56.4. The molecule has 0 saturated heterocycles. The summed E-state index contributed by atoms with van der Waals surface area (Å²) >= 11 is 0. The van der Waals surface area contributed by atoms with Gasteiger partial charge in [0.1, 0.15) is 0 Å². The quantitative estimate of drug-likeness (QED) is 0.0320. The van der Waals surface area contributed by atoms with E-state index in [1.807, 2.05) is 0 Å². The zero-order valence-electron chi connectivity index (χ0n) is 52.9. The van der Waals surface area contributed by atoms with Crippen molar-refractivity contribution in [1.82, 2.24) is 5.32 Å². The van der Waals surface area contributed by atoms with Crippen LogP contribution >= 0.6 is 0 Å². The summed E-state index contributed by atoms with van der Waals surface area (Å²) in [7, 11) is 0. The molecule has 0 bridgehead atoms. The lowest BCUT2D eigenvalue weighted by Crippen LogP contribution is -2.45. The van der Waals surface area contributed by atoms with Crippen LogP contribution in [-0.2, 0) is 14.3 Å². The molecular formula is C72H139NO5. The maximum Gasteiger partial charge on any atom is 0.305 e. The Labute approximate surface area is 488 Å². The normalized spacial score (nSPS) is 12.6. The molecule has 0 radical (unpaired) electrons. The Morgan fingerprint density at radius 2 is 0.641 bits per heavy atom. The molecule has 0 rings (SSSR count). The van der Waals surface area contributed by atoms with E-state index in [2.05, 4.69) is 43.5 Å². The van der Waals surface area contributed by atoms with Gasteiger partial charge in [0.15, 0.2) is 0 Å². The first-order chi connectivity index (χ1) is 38.5. The number of amides is 1. The van der Waals surface area contributed by atoms with Crippen molar-refractivity contribution in [2.75, 3.05) is 13.2 Å². The predicted octanol–water partition coefficient (Wildman–Crippen LogP) is 22.9. The molecule has 0 aliphatic heterocycles. The summed E-state index contributed by atoms with van der Waals surface area (Å²) in [6.07, 6.45) is 85.2. The maximum atomic E-state index is 12.6. The van der Waals surface area contributed by atoms with Crippen LogP contribution in [0.5, 0.6) is 0 Å². The first kappa shape index (κ1) is 76.3. The van der Waals surface area contributed by atoms with Crippen LogP contribution in [0.2, 0.25) is 0 Å². The fraction of sp³-hybridized carbons (Fsp3) is 0.917. The predicted molar refractivity (Wildman–Crippen MR) is 343 cm³/mol. The van der Waals surface area contributed by atoms with E-state index in [1.165, 1.54) is 315 Å². The van der Waals surface area contributed by atoms with Crippen LogP contribution in [0.3, 0.4) is 0 Å². The molecular weight excluding hydrogens is 959 g/mol. The summed E-state index contributed by atoms with van der Waals surface area (Å²) in [6, 6.07) is -0.547. The second-order valence-corrected chi connectivity index (χ2v) is 24.6. The Hall–Kier alpha value is -1.66. The first-order valence-corrected chi connectivity index (χ1v) is 35.6. The smallest absolute Gasteiger partial charge is 0.305 e. The number of ether oxygens (including phenoxy) is 1. The molecule has 0 fully saturated rings. The molecule has 0 heterocycles. The fourth-order valence-corrected chi connectivity index (χ4v) is 11.4. The lowest BCUT2D eigenvalue weighted by molar-refractivity contribution is -0.143. The van der Waals surface area contributed by atoms with Gasteiger partial charge in [-0.05, 0) is 44.9 Å². The van der Waals surface area contributed by atoms with Gasteiger partial charge in [0, 0.05) is 12.8 Å². The minimum Gasteiger partial charge on any atom is -0.465 e. The highest BCUT2D eigenvalue weighted by molar-refractivity contribution is 5.76. The van der Waals surface area contributed by atoms with Gasteiger partial charge in [-0.2, -0.15) is 0 Å². The summed E-state index contributed by atoms with van der Waals surface area (Å²) in [5, 5.41) is 23.4. The standard InChI is InChI=1S/C72H139NO5/c1-3-5-7-9-11-13-15-17-19-21-22-23-24-26-29-33-36-40-44-48-52-56-60-64-70(75)69(68-74)73-71(76)65-61-57-53-49-45-41-37-34-30-27-25-28-31-35-39-43-47-51-55-59-63-67-78-72(77)66-62-58-54-50-46-42-38-32-20-18-16-14-12-10-8-6-4-2/h43,47,55,59,69-70,74-75H,3-42,44-46,48-54,56-58,60-68H2,1-2H3,(H,73,76)/b47-43-,59-55-. The lowest BCUT2D eigenvalue weighted by Gasteiger charge is -2.22. The van der Waals surface area contributed by atoms with Crippen LogP contribution in [0.4, 0.5) is 0 Å². The average Bonchev–Trinajstić information content (AvgIpc) is 3.44. The molecule has 0 aliphatic rings. The molecule has 0 aromatic heterocycles. The molecule has 2 unspecified atom stereocenters. The van der Waals surface area contributed by atoms with Crippen LogP contribution in [0.1, 0.15) is 399 Å². The fourth-order valence-electron chi connectivity index (χ4n) is 11.4. The third kappa shape index (κ3) is 63.5. The Bertz CT molecular complexity index is 1220. The van der Waals surface area contributed by atoms with Crippen molar-refractivity contribution >= 4 is 11.9 Å². The largest absolute Gasteiger partial charge is 0.465 e. The second-order valence-electron chi connectivity index (χ2n) is 24.6. The highest BCUT2D eigenvalue weighted by Crippen LogP contribution is 2.19. The van der Waals surface area contributed by atoms with Gasteiger partial charge < -0.3 is 20.3 Å². The van der Waals surface area contributed by atoms with Crippen molar-refractivity contribution in [3.8, 4) is 0 Å². The minimum absolute atomic E-state index is 0.0301. The lowest BCUT2D eigenvalue weighted by atomic mass is 10.0. The van der Waals surface area contributed by atoms with Crippen LogP contribution in [0.25, 0.3) is 0 Å². The van der Waals surface area contributed by atoms with E-state index in [0.717, 1.165) is 51.4 Å². The van der Waals surface area contributed by atoms with Crippen molar-refractivity contribution in [1.29, 1.82) is 0 Å². The number of carbonyl (C=O) groups is 2. The summed E-state index contributed by atoms with van der Waals surface area (Å²) < 4.78 is 5.44. The number of aliphatic hydroxyl groups excluding tert-OH is 2. The molecule has 0 aromatic rings. The van der Waals surface area contributed by atoms with E-state index in [0.29, 0.717) is 25.9 Å². The molecule has 462 valence electrons. The molecule has 0 aromatic carbocycles. The van der Waals surface area contributed by atoms with Crippen LogP contribution in [0.15, 0.2) is 24.3 Å². The highest BCUT2D eigenvalue weighted by Gasteiger charge is 2.20. The number of unbranched alkanes of at least 4 members (excludes halogenated alkanes) is 52. The summed E-state index contributed by atoms with van der Waals surface area (Å²) in [6.45, 7) is 4.89. The van der Waals surface area contributed by atoms with E-state index < -0.39 is 12.1 Å². The van der Waals surface area contributed by atoms with Gasteiger partial charge in [0.2, 0.25) is 5.91 Å². The number of nitrogens with one attached hydrogen (secondary N) is 1. The van der Waals surface area contributed by atoms with E-state index in [9.17, 15) is 19.8 Å². The van der Waals surface area contributed by atoms with Crippen LogP contribution < -0.4 is 5.32 Å². The Morgan fingerprint density at radius 3 is 0.974 bits per heavy atom. The number of rotatable bonds is 67. The number of aliphatic hydroxyl groups is 2.